The van der Waals surface area contributed by atoms with Crippen molar-refractivity contribution in [2.24, 2.45) is 12.0 Å². The average molecular weight is 391 g/mol. The minimum Gasteiger partial charge on any atom is -0.356 e. The number of nitrogens with one attached hydrogen (secondary N) is 2. The van der Waals surface area contributed by atoms with Crippen molar-refractivity contribution in [2.75, 3.05) is 13.6 Å². The third kappa shape index (κ3) is 7.90. The quantitative estimate of drug-likeness (QED) is 0.467. The summed E-state index contributed by atoms with van der Waals surface area (Å²) >= 11 is 0. The number of halogens is 4. The zero-order valence-electron chi connectivity index (χ0n) is 10.7. The van der Waals surface area contributed by atoms with Gasteiger partial charge in [0.05, 0.1) is 12.6 Å². The summed E-state index contributed by atoms with van der Waals surface area (Å²) in [4.78, 5) is 3.83. The zero-order chi connectivity index (χ0) is 13.6. The summed E-state index contributed by atoms with van der Waals surface area (Å²) in [5, 5.41) is 9.48. The molecule has 1 rings (SSSR count). The van der Waals surface area contributed by atoms with Crippen molar-refractivity contribution in [3.8, 4) is 0 Å². The highest BCUT2D eigenvalue weighted by Gasteiger charge is 2.26. The van der Waals surface area contributed by atoms with Gasteiger partial charge in [-0.05, 0) is 0 Å². The van der Waals surface area contributed by atoms with E-state index in [0.717, 1.165) is 5.56 Å². The number of guanidine groups is 1. The molecule has 0 amide bonds. The third-order valence-corrected chi connectivity index (χ3v) is 2.14. The van der Waals surface area contributed by atoms with Gasteiger partial charge >= 0.3 is 6.18 Å². The lowest BCUT2D eigenvalue weighted by atomic mass is 10.3. The van der Waals surface area contributed by atoms with Crippen LogP contribution in [0.1, 0.15) is 12.0 Å². The number of aliphatic imine (C=N–C) groups is 1. The number of hydrogen-bond donors (Lipinski definition) is 2. The summed E-state index contributed by atoms with van der Waals surface area (Å²) in [7, 11) is 3.30. The van der Waals surface area contributed by atoms with Gasteiger partial charge in [-0.1, -0.05) is 0 Å². The molecular formula is C10H17F3IN5. The molecule has 1 aromatic heterocycles. The molecule has 0 bridgehead atoms. The first-order valence-electron chi connectivity index (χ1n) is 5.39. The Morgan fingerprint density at radius 2 is 2.11 bits per heavy atom. The molecule has 0 aliphatic heterocycles. The number of alkyl halides is 3. The maximum atomic E-state index is 12.0. The molecular weight excluding hydrogens is 374 g/mol. The summed E-state index contributed by atoms with van der Waals surface area (Å²) < 4.78 is 37.5. The molecule has 0 saturated heterocycles. The van der Waals surface area contributed by atoms with Gasteiger partial charge in [0.2, 0.25) is 0 Å². The van der Waals surface area contributed by atoms with Crippen molar-refractivity contribution in [1.82, 2.24) is 20.4 Å². The Hall–Kier alpha value is -1.00. The fourth-order valence-electron chi connectivity index (χ4n) is 1.29. The highest BCUT2D eigenvalue weighted by Crippen LogP contribution is 2.17. The normalized spacial score (nSPS) is 11.9. The lowest BCUT2D eigenvalue weighted by molar-refractivity contribution is -0.132. The van der Waals surface area contributed by atoms with Gasteiger partial charge in [0.15, 0.2) is 5.96 Å². The van der Waals surface area contributed by atoms with Crippen LogP contribution in [0.25, 0.3) is 0 Å². The van der Waals surface area contributed by atoms with Crippen LogP contribution in [0.15, 0.2) is 17.4 Å². The molecule has 0 radical (unpaired) electrons. The van der Waals surface area contributed by atoms with Crippen LogP contribution in [0.2, 0.25) is 0 Å². The Bertz CT molecular complexity index is 402. The Morgan fingerprint density at radius 1 is 1.42 bits per heavy atom. The fourth-order valence-corrected chi connectivity index (χ4v) is 1.29. The zero-order valence-corrected chi connectivity index (χ0v) is 13.0. The molecule has 9 heteroatoms. The first-order valence-corrected chi connectivity index (χ1v) is 5.39. The largest absolute Gasteiger partial charge is 0.390 e. The highest BCUT2D eigenvalue weighted by molar-refractivity contribution is 14.0. The Labute approximate surface area is 126 Å². The fraction of sp³-hybridized carbons (Fsp3) is 0.600. The molecule has 0 aliphatic rings. The molecule has 1 aromatic rings. The second kappa shape index (κ2) is 8.23. The Balaban J connectivity index is 0.00000324. The van der Waals surface area contributed by atoms with E-state index in [1.54, 1.807) is 17.9 Å². The topological polar surface area (TPSA) is 54.2 Å². The van der Waals surface area contributed by atoms with E-state index in [-0.39, 0.29) is 30.5 Å². The molecule has 0 fully saturated rings. The first-order chi connectivity index (χ1) is 8.40. The van der Waals surface area contributed by atoms with E-state index in [1.165, 1.54) is 7.05 Å². The van der Waals surface area contributed by atoms with Gasteiger partial charge in [-0.15, -0.1) is 24.0 Å². The molecule has 0 spiro atoms. The average Bonchev–Trinajstić information content (AvgIpc) is 2.67. The Morgan fingerprint density at radius 3 is 2.58 bits per heavy atom. The van der Waals surface area contributed by atoms with E-state index in [1.807, 2.05) is 6.20 Å². The predicted octanol–water partition coefficient (Wildman–Crippen LogP) is 1.66. The minimum atomic E-state index is -4.16. The molecule has 0 unspecified atom stereocenters. The van der Waals surface area contributed by atoms with Gasteiger partial charge < -0.3 is 10.6 Å². The van der Waals surface area contributed by atoms with Crippen LogP contribution in [0.5, 0.6) is 0 Å². The molecule has 0 atom stereocenters. The van der Waals surface area contributed by atoms with Gasteiger partial charge in [0.25, 0.3) is 0 Å². The minimum absolute atomic E-state index is 0. The van der Waals surface area contributed by atoms with E-state index in [9.17, 15) is 13.2 Å². The molecule has 5 nitrogen and oxygen atoms in total. The van der Waals surface area contributed by atoms with Crippen molar-refractivity contribution in [2.45, 2.75) is 19.1 Å². The van der Waals surface area contributed by atoms with Gasteiger partial charge in [0.1, 0.15) is 0 Å². The summed E-state index contributed by atoms with van der Waals surface area (Å²) in [5.74, 6) is 0.336. The third-order valence-electron chi connectivity index (χ3n) is 2.14. The smallest absolute Gasteiger partial charge is 0.356 e. The van der Waals surface area contributed by atoms with Crippen LogP contribution in [0, 0.1) is 0 Å². The van der Waals surface area contributed by atoms with E-state index in [0.29, 0.717) is 12.5 Å². The van der Waals surface area contributed by atoms with Gasteiger partial charge in [-0.3, -0.25) is 9.67 Å². The molecule has 0 saturated carbocycles. The van der Waals surface area contributed by atoms with Gasteiger partial charge in [0, 0.05) is 38.9 Å². The number of aryl methyl sites for hydroxylation is 1. The van der Waals surface area contributed by atoms with Crippen molar-refractivity contribution in [1.29, 1.82) is 0 Å². The van der Waals surface area contributed by atoms with Crippen LogP contribution in [-0.2, 0) is 13.6 Å². The van der Waals surface area contributed by atoms with Gasteiger partial charge in [-0.2, -0.15) is 18.3 Å². The molecule has 110 valence electrons. The van der Waals surface area contributed by atoms with E-state index in [2.05, 4.69) is 20.7 Å². The van der Waals surface area contributed by atoms with Crippen LogP contribution in [-0.4, -0.2) is 35.5 Å². The van der Waals surface area contributed by atoms with E-state index >= 15 is 0 Å². The lowest BCUT2D eigenvalue weighted by Crippen LogP contribution is -2.38. The monoisotopic (exact) mass is 391 g/mol. The second-order valence-corrected chi connectivity index (χ2v) is 3.74. The molecule has 0 aliphatic carbocycles. The van der Waals surface area contributed by atoms with Crippen LogP contribution in [0.4, 0.5) is 13.2 Å². The molecule has 2 N–H and O–H groups in total. The lowest BCUT2D eigenvalue weighted by Gasteiger charge is -2.12. The number of aromatic nitrogens is 2. The van der Waals surface area contributed by atoms with Crippen LogP contribution < -0.4 is 10.6 Å². The summed E-state index contributed by atoms with van der Waals surface area (Å²) in [5.41, 5.74) is 0.927. The Kier molecular flexibility index (Phi) is 7.79. The summed E-state index contributed by atoms with van der Waals surface area (Å²) in [6.45, 7) is 0.260. The van der Waals surface area contributed by atoms with Crippen molar-refractivity contribution in [3.63, 3.8) is 0 Å². The van der Waals surface area contributed by atoms with Gasteiger partial charge in [-0.25, -0.2) is 0 Å². The number of rotatable bonds is 4. The van der Waals surface area contributed by atoms with Crippen molar-refractivity contribution < 1.29 is 13.2 Å². The maximum Gasteiger partial charge on any atom is 0.390 e. The molecule has 19 heavy (non-hydrogen) atoms. The SMILES string of the molecule is CN=C(NCCC(F)(F)F)NCc1cnn(C)c1.I. The van der Waals surface area contributed by atoms with Crippen molar-refractivity contribution in [3.05, 3.63) is 18.0 Å². The first kappa shape index (κ1) is 18.0. The van der Waals surface area contributed by atoms with E-state index in [4.69, 9.17) is 0 Å². The number of hydrogen-bond acceptors (Lipinski definition) is 2. The van der Waals surface area contributed by atoms with Crippen LogP contribution in [0.3, 0.4) is 0 Å². The second-order valence-electron chi connectivity index (χ2n) is 3.74. The summed E-state index contributed by atoms with van der Waals surface area (Å²) in [6.07, 6.45) is -1.55. The standard InChI is InChI=1S/C10H16F3N5.HI/c1-14-9(15-4-3-10(11,12)13)16-5-8-6-17-18(2)7-8;/h6-7H,3-5H2,1-2H3,(H2,14,15,16);1H. The van der Waals surface area contributed by atoms with Crippen molar-refractivity contribution >= 4 is 29.9 Å². The van der Waals surface area contributed by atoms with E-state index < -0.39 is 12.6 Å². The van der Waals surface area contributed by atoms with Crippen LogP contribution >= 0.6 is 24.0 Å². The molecule has 0 aromatic carbocycles. The molecule has 1 heterocycles. The predicted molar refractivity (Wildman–Crippen MR) is 77.5 cm³/mol. The summed E-state index contributed by atoms with van der Waals surface area (Å²) in [6, 6.07) is 0. The highest BCUT2D eigenvalue weighted by atomic mass is 127. The maximum absolute atomic E-state index is 12.0. The number of nitrogens with zero attached hydrogens (tertiary/aromatic N) is 3.